The summed E-state index contributed by atoms with van der Waals surface area (Å²) in [5, 5.41) is 14.2. The quantitative estimate of drug-likeness (QED) is 0.539. The number of pyridine rings is 1. The van der Waals surface area contributed by atoms with Gasteiger partial charge in [-0.1, -0.05) is 12.1 Å². The van der Waals surface area contributed by atoms with Crippen LogP contribution in [0.5, 0.6) is 5.75 Å². The third-order valence-electron chi connectivity index (χ3n) is 5.80. The van der Waals surface area contributed by atoms with Gasteiger partial charge in [-0.05, 0) is 36.2 Å². The average molecular weight is 565 g/mol. The molecule has 2 aromatic rings. The molecular weight excluding hydrogens is 540 g/mol. The van der Waals surface area contributed by atoms with Crippen molar-refractivity contribution in [3.63, 3.8) is 0 Å². The molecule has 3 heterocycles. The van der Waals surface area contributed by atoms with E-state index < -0.39 is 24.3 Å². The lowest BCUT2D eigenvalue weighted by Crippen LogP contribution is -2.57. The maximum atomic E-state index is 12.6. The number of carbonyl (C=O) groups excluding carboxylic acids is 1. The van der Waals surface area contributed by atoms with Crippen LogP contribution in [0, 0.1) is 5.41 Å². The van der Waals surface area contributed by atoms with E-state index >= 15 is 0 Å². The molecule has 0 bridgehead atoms. The first kappa shape index (κ1) is 31.3. The van der Waals surface area contributed by atoms with Crippen LogP contribution in [0.3, 0.4) is 0 Å². The Morgan fingerprint density at radius 2 is 1.49 bits per heavy atom. The van der Waals surface area contributed by atoms with Gasteiger partial charge >= 0.3 is 24.3 Å². The highest BCUT2D eigenvalue weighted by Crippen LogP contribution is 2.40. The first-order valence-electron chi connectivity index (χ1n) is 11.2. The van der Waals surface area contributed by atoms with E-state index in [0.717, 1.165) is 44.9 Å². The van der Waals surface area contributed by atoms with Crippen molar-refractivity contribution in [3.05, 3.63) is 59.9 Å². The number of hydrogen-bond donors (Lipinski definition) is 2. The fourth-order valence-electron chi connectivity index (χ4n) is 4.04. The number of alkyl halides is 6. The summed E-state index contributed by atoms with van der Waals surface area (Å²) in [4.78, 5) is 38.9. The number of ether oxygens (including phenoxy) is 1. The SMILES string of the molecule is COc1ccc(CN2CC3(CCN(C(=O)c4cccnc4)C3)C2)cc1.O=C(O)C(F)(F)F.O=C(O)C(F)(F)F. The molecule has 0 radical (unpaired) electrons. The minimum atomic E-state index is -5.08. The average Bonchev–Trinajstić information content (AvgIpc) is 3.29. The van der Waals surface area contributed by atoms with E-state index in [2.05, 4.69) is 22.0 Å². The summed E-state index contributed by atoms with van der Waals surface area (Å²) in [6.07, 6.45) is -5.71. The van der Waals surface area contributed by atoms with Crippen molar-refractivity contribution < 1.29 is 55.7 Å². The first-order chi connectivity index (χ1) is 18.1. The van der Waals surface area contributed by atoms with Crippen LogP contribution in [0.2, 0.25) is 0 Å². The van der Waals surface area contributed by atoms with Crippen molar-refractivity contribution in [2.75, 3.05) is 33.3 Å². The Labute approximate surface area is 218 Å². The molecule has 1 aromatic heterocycles. The van der Waals surface area contributed by atoms with E-state index in [4.69, 9.17) is 24.5 Å². The van der Waals surface area contributed by atoms with Crippen molar-refractivity contribution in [1.82, 2.24) is 14.8 Å². The Bertz CT molecular complexity index is 1100. The number of likely N-dealkylation sites (tertiary alicyclic amines) is 2. The second-order valence-corrected chi connectivity index (χ2v) is 8.82. The summed E-state index contributed by atoms with van der Waals surface area (Å²) in [5.41, 5.74) is 2.27. The van der Waals surface area contributed by atoms with E-state index in [0.29, 0.717) is 5.56 Å². The summed E-state index contributed by atoms with van der Waals surface area (Å²) < 4.78 is 68.7. The zero-order valence-electron chi connectivity index (χ0n) is 20.5. The Hall–Kier alpha value is -3.88. The molecule has 15 heteroatoms. The Balaban J connectivity index is 0.000000317. The minimum absolute atomic E-state index is 0.110. The topological polar surface area (TPSA) is 120 Å². The van der Waals surface area contributed by atoms with Gasteiger partial charge in [-0.25, -0.2) is 9.59 Å². The molecule has 2 saturated heterocycles. The van der Waals surface area contributed by atoms with Gasteiger partial charge in [0.1, 0.15) is 5.75 Å². The number of methoxy groups -OCH3 is 1. The molecule has 2 N–H and O–H groups in total. The molecule has 0 atom stereocenters. The van der Waals surface area contributed by atoms with E-state index in [1.165, 1.54) is 5.56 Å². The molecule has 4 rings (SSSR count). The van der Waals surface area contributed by atoms with Gasteiger partial charge in [0.2, 0.25) is 0 Å². The lowest BCUT2D eigenvalue weighted by molar-refractivity contribution is -0.193. The molecule has 2 aliphatic rings. The maximum absolute atomic E-state index is 12.6. The van der Waals surface area contributed by atoms with Gasteiger partial charge in [-0.3, -0.25) is 14.7 Å². The highest BCUT2D eigenvalue weighted by atomic mass is 19.4. The molecule has 1 amide bonds. The van der Waals surface area contributed by atoms with Crippen molar-refractivity contribution in [2.45, 2.75) is 25.3 Å². The first-order valence-corrected chi connectivity index (χ1v) is 11.2. The van der Waals surface area contributed by atoms with Crippen molar-refractivity contribution in [1.29, 1.82) is 0 Å². The number of aliphatic carboxylic acids is 2. The Morgan fingerprint density at radius 3 is 1.92 bits per heavy atom. The van der Waals surface area contributed by atoms with Crippen molar-refractivity contribution in [2.24, 2.45) is 5.41 Å². The van der Waals surface area contributed by atoms with E-state index in [9.17, 15) is 31.1 Å². The van der Waals surface area contributed by atoms with Crippen LogP contribution in [-0.2, 0) is 16.1 Å². The lowest BCUT2D eigenvalue weighted by Gasteiger charge is -2.48. The maximum Gasteiger partial charge on any atom is 0.490 e. The zero-order valence-corrected chi connectivity index (χ0v) is 20.5. The molecular formula is C24H25F6N3O6. The van der Waals surface area contributed by atoms with Crippen LogP contribution in [-0.4, -0.2) is 88.5 Å². The van der Waals surface area contributed by atoms with E-state index in [-0.39, 0.29) is 11.3 Å². The van der Waals surface area contributed by atoms with Gasteiger partial charge in [-0.2, -0.15) is 26.3 Å². The standard InChI is InChI=1S/C20H23N3O2.2C2HF3O2/c1-25-18-6-4-16(5-7-18)12-22-13-20(14-22)8-10-23(15-20)19(24)17-3-2-9-21-11-17;2*3-2(4,5)1(6)7/h2-7,9,11H,8,10,12-15H2,1H3;2*(H,6,7). The molecule has 2 aliphatic heterocycles. The second-order valence-electron chi connectivity index (χ2n) is 8.82. The summed E-state index contributed by atoms with van der Waals surface area (Å²) in [7, 11) is 1.69. The third-order valence-corrected chi connectivity index (χ3v) is 5.80. The number of hydrogen-bond acceptors (Lipinski definition) is 6. The van der Waals surface area contributed by atoms with Crippen LogP contribution < -0.4 is 4.74 Å². The number of halogens is 6. The van der Waals surface area contributed by atoms with Crippen LogP contribution in [0.15, 0.2) is 48.8 Å². The predicted octanol–water partition coefficient (Wildman–Crippen LogP) is 3.70. The lowest BCUT2D eigenvalue weighted by atomic mass is 9.79. The molecule has 9 nitrogen and oxygen atoms in total. The second kappa shape index (κ2) is 12.8. The van der Waals surface area contributed by atoms with Gasteiger partial charge in [0.25, 0.3) is 5.91 Å². The molecule has 2 fully saturated rings. The van der Waals surface area contributed by atoms with Gasteiger partial charge in [0, 0.05) is 50.5 Å². The van der Waals surface area contributed by atoms with Crippen LogP contribution in [0.4, 0.5) is 26.3 Å². The summed E-state index contributed by atoms with van der Waals surface area (Å²) in [5.74, 6) is -4.51. The number of carbonyl (C=O) groups is 3. The van der Waals surface area contributed by atoms with E-state index in [1.54, 1.807) is 19.5 Å². The van der Waals surface area contributed by atoms with Gasteiger partial charge in [0.15, 0.2) is 0 Å². The van der Waals surface area contributed by atoms with Gasteiger partial charge in [-0.15, -0.1) is 0 Å². The number of carboxylic acids is 2. The minimum Gasteiger partial charge on any atom is -0.497 e. The van der Waals surface area contributed by atoms with Crippen LogP contribution in [0.1, 0.15) is 22.3 Å². The van der Waals surface area contributed by atoms with E-state index in [1.807, 2.05) is 29.2 Å². The molecule has 1 spiro atoms. The highest BCUT2D eigenvalue weighted by Gasteiger charge is 2.48. The number of rotatable bonds is 4. The van der Waals surface area contributed by atoms with Gasteiger partial charge in [0.05, 0.1) is 12.7 Å². The largest absolute Gasteiger partial charge is 0.497 e. The van der Waals surface area contributed by atoms with Crippen LogP contribution in [0.25, 0.3) is 0 Å². The van der Waals surface area contributed by atoms with Crippen molar-refractivity contribution >= 4 is 17.8 Å². The van der Waals surface area contributed by atoms with Gasteiger partial charge < -0.3 is 19.8 Å². The predicted molar refractivity (Wildman–Crippen MR) is 123 cm³/mol. The zero-order chi connectivity index (χ0) is 29.4. The van der Waals surface area contributed by atoms with Crippen LogP contribution >= 0.6 is 0 Å². The Kier molecular flexibility index (Phi) is 10.3. The normalized spacial score (nSPS) is 16.2. The summed E-state index contributed by atoms with van der Waals surface area (Å²) in [6, 6.07) is 11.9. The fraction of sp³-hybridized carbons (Fsp3) is 0.417. The summed E-state index contributed by atoms with van der Waals surface area (Å²) in [6.45, 7) is 4.80. The number of aromatic nitrogens is 1. The van der Waals surface area contributed by atoms with Crippen molar-refractivity contribution in [3.8, 4) is 5.75 Å². The molecule has 0 saturated carbocycles. The number of nitrogens with zero attached hydrogens (tertiary/aromatic N) is 3. The monoisotopic (exact) mass is 565 g/mol. The molecule has 214 valence electrons. The number of carboxylic acid groups (broad SMARTS) is 2. The highest BCUT2D eigenvalue weighted by molar-refractivity contribution is 5.94. The molecule has 39 heavy (non-hydrogen) atoms. The number of benzene rings is 1. The molecule has 0 unspecified atom stereocenters. The molecule has 0 aliphatic carbocycles. The summed E-state index contributed by atoms with van der Waals surface area (Å²) >= 11 is 0. The fourth-order valence-corrected chi connectivity index (χ4v) is 4.04. The Morgan fingerprint density at radius 1 is 0.949 bits per heavy atom. The third kappa shape index (κ3) is 9.42. The number of amides is 1. The molecule has 1 aromatic carbocycles. The smallest absolute Gasteiger partial charge is 0.490 e.